The van der Waals surface area contributed by atoms with E-state index in [9.17, 15) is 5.11 Å². The minimum absolute atomic E-state index is 0.0312. The molecule has 1 saturated heterocycles. The highest BCUT2D eigenvalue weighted by Crippen LogP contribution is 2.15. The molecule has 0 aromatic carbocycles. The number of likely N-dealkylation sites (tertiary alicyclic amines) is 1. The normalized spacial score (nSPS) is 24.7. The van der Waals surface area contributed by atoms with Crippen molar-refractivity contribution in [3.05, 3.63) is 0 Å². The predicted octanol–water partition coefficient (Wildman–Crippen LogP) is -1.14. The maximum absolute atomic E-state index is 10.5. The highest BCUT2D eigenvalue weighted by molar-refractivity contribution is 4.48. The van der Waals surface area contributed by atoms with E-state index in [1.54, 1.807) is 0 Å². The summed E-state index contributed by atoms with van der Waals surface area (Å²) in [6.07, 6.45) is 2.20. The van der Waals surface area contributed by atoms with Crippen LogP contribution in [0.5, 0.6) is 0 Å². The summed E-state index contributed by atoms with van der Waals surface area (Å²) in [6.45, 7) is 1.62. The van der Waals surface area contributed by atoms with E-state index in [1.807, 2.05) is 0 Å². The smallest absolute Gasteiger partial charge is 0.179 e. The van der Waals surface area contributed by atoms with Crippen LogP contribution in [0, 0.1) is 0 Å². The number of aliphatic hydroxyl groups is 1. The number of hydrogen-bond acceptors (Lipinski definition) is 2. The van der Waals surface area contributed by atoms with Crippen LogP contribution in [0.1, 0.15) is 12.8 Å². The first kappa shape index (κ1) is 6.99. The van der Waals surface area contributed by atoms with Gasteiger partial charge in [0.05, 0.1) is 13.1 Å². The molecule has 1 aliphatic rings. The highest BCUT2D eigenvalue weighted by Gasteiger charge is 2.26. The van der Waals surface area contributed by atoms with E-state index in [0.717, 1.165) is 25.9 Å². The second-order valence-electron chi connectivity index (χ2n) is 2.77. The van der Waals surface area contributed by atoms with Gasteiger partial charge < -0.3 is 14.7 Å². The van der Waals surface area contributed by atoms with E-state index in [0.29, 0.717) is 4.48 Å². The molecule has 0 aromatic heterocycles. The van der Waals surface area contributed by atoms with Crippen molar-refractivity contribution in [2.75, 3.05) is 26.6 Å². The molecule has 0 bridgehead atoms. The van der Waals surface area contributed by atoms with Crippen molar-refractivity contribution in [1.29, 1.82) is 0 Å². The molecule has 3 nitrogen and oxygen atoms in total. The topological polar surface area (TPSA) is 43.3 Å². The van der Waals surface area contributed by atoms with Crippen LogP contribution in [-0.4, -0.2) is 36.1 Å². The Morgan fingerprint density at radius 1 is 1.33 bits per heavy atom. The van der Waals surface area contributed by atoms with Gasteiger partial charge in [-0.1, -0.05) is 0 Å². The van der Waals surface area contributed by atoms with Crippen molar-refractivity contribution >= 4 is 0 Å². The largest absolute Gasteiger partial charge is 0.809 e. The van der Waals surface area contributed by atoms with Gasteiger partial charge in [-0.05, 0) is 0 Å². The van der Waals surface area contributed by atoms with Crippen LogP contribution in [-0.2, 0) is 0 Å². The first-order valence-electron chi connectivity index (χ1n) is 3.37. The fourth-order valence-corrected chi connectivity index (χ4v) is 1.32. The number of rotatable bonds is 2. The lowest BCUT2D eigenvalue weighted by atomic mass is 10.4. The Labute approximate surface area is 55.1 Å². The maximum atomic E-state index is 10.5. The number of quaternary nitrogens is 1. The van der Waals surface area contributed by atoms with Crippen molar-refractivity contribution < 1.29 is 14.7 Å². The highest BCUT2D eigenvalue weighted by atomic mass is 16.3. The summed E-state index contributed by atoms with van der Waals surface area (Å²) >= 11 is 0. The van der Waals surface area contributed by atoms with Crippen molar-refractivity contribution in [2.45, 2.75) is 12.8 Å². The SMILES string of the molecule is [O-]C[N+]1(CO)CCCC1. The summed E-state index contributed by atoms with van der Waals surface area (Å²) in [5.41, 5.74) is 0. The van der Waals surface area contributed by atoms with Gasteiger partial charge in [-0.2, -0.15) is 0 Å². The summed E-state index contributed by atoms with van der Waals surface area (Å²) < 4.78 is 0.389. The molecule has 1 N–H and O–H groups in total. The first-order valence-corrected chi connectivity index (χ1v) is 3.37. The minimum atomic E-state index is -0.156. The van der Waals surface area contributed by atoms with Gasteiger partial charge in [-0.3, -0.25) is 0 Å². The van der Waals surface area contributed by atoms with E-state index in [1.165, 1.54) is 0 Å². The van der Waals surface area contributed by atoms with Crippen LogP contribution in [0.4, 0.5) is 0 Å². The third kappa shape index (κ3) is 1.23. The second-order valence-corrected chi connectivity index (χ2v) is 2.77. The van der Waals surface area contributed by atoms with Gasteiger partial charge in [0.25, 0.3) is 0 Å². The molecule has 3 heteroatoms. The van der Waals surface area contributed by atoms with Crippen molar-refractivity contribution in [3.63, 3.8) is 0 Å². The van der Waals surface area contributed by atoms with E-state index in [4.69, 9.17) is 5.11 Å². The standard InChI is InChI=1S/C6H13NO2/c8-5-7(6-9)3-1-2-4-7/h8H,1-6H2. The quantitative estimate of drug-likeness (QED) is 0.482. The molecule has 1 fully saturated rings. The van der Waals surface area contributed by atoms with Gasteiger partial charge in [0, 0.05) is 19.6 Å². The van der Waals surface area contributed by atoms with Crippen molar-refractivity contribution in [1.82, 2.24) is 0 Å². The van der Waals surface area contributed by atoms with Crippen molar-refractivity contribution in [3.8, 4) is 0 Å². The molecule has 0 amide bonds. The van der Waals surface area contributed by atoms with Gasteiger partial charge >= 0.3 is 0 Å². The van der Waals surface area contributed by atoms with Crippen LogP contribution < -0.4 is 5.11 Å². The third-order valence-electron chi connectivity index (χ3n) is 2.09. The van der Waals surface area contributed by atoms with Gasteiger partial charge in [0.1, 0.15) is 0 Å². The lowest BCUT2D eigenvalue weighted by Gasteiger charge is -2.34. The summed E-state index contributed by atoms with van der Waals surface area (Å²) in [4.78, 5) is 0. The molecule has 0 aliphatic carbocycles. The molecule has 1 aliphatic heterocycles. The summed E-state index contributed by atoms with van der Waals surface area (Å²) in [6, 6.07) is 0. The van der Waals surface area contributed by atoms with Crippen LogP contribution in [0.25, 0.3) is 0 Å². The van der Waals surface area contributed by atoms with Gasteiger partial charge in [0.15, 0.2) is 6.73 Å². The summed E-state index contributed by atoms with van der Waals surface area (Å²) in [7, 11) is 0. The van der Waals surface area contributed by atoms with Crippen LogP contribution in [0.15, 0.2) is 0 Å². The Bertz CT molecular complexity index is 83.1. The zero-order valence-corrected chi connectivity index (χ0v) is 5.55. The average molecular weight is 131 g/mol. The number of nitrogens with zero attached hydrogens (tertiary/aromatic N) is 1. The third-order valence-corrected chi connectivity index (χ3v) is 2.09. The molecule has 9 heavy (non-hydrogen) atoms. The first-order chi connectivity index (χ1) is 4.33. The second kappa shape index (κ2) is 2.64. The summed E-state index contributed by atoms with van der Waals surface area (Å²) in [5, 5.41) is 19.3. The lowest BCUT2D eigenvalue weighted by molar-refractivity contribution is -0.987. The molecule has 0 aromatic rings. The molecule has 1 heterocycles. The molecule has 0 spiro atoms. The zero-order chi connectivity index (χ0) is 6.74. The van der Waals surface area contributed by atoms with E-state index >= 15 is 0 Å². The average Bonchev–Trinajstić information content (AvgIpc) is 2.36. The number of aliphatic hydroxyl groups excluding tert-OH is 1. The summed E-state index contributed by atoms with van der Waals surface area (Å²) in [5.74, 6) is 0. The Kier molecular flexibility index (Phi) is 2.05. The predicted molar refractivity (Wildman–Crippen MR) is 31.2 cm³/mol. The molecule has 0 saturated carbocycles. The monoisotopic (exact) mass is 131 g/mol. The minimum Gasteiger partial charge on any atom is -0.809 e. The van der Waals surface area contributed by atoms with E-state index in [2.05, 4.69) is 0 Å². The Morgan fingerprint density at radius 2 is 1.89 bits per heavy atom. The van der Waals surface area contributed by atoms with Crippen LogP contribution >= 0.6 is 0 Å². The molecule has 0 unspecified atom stereocenters. The fourth-order valence-electron chi connectivity index (χ4n) is 1.32. The Balaban J connectivity index is 2.45. The molecule has 1 rings (SSSR count). The van der Waals surface area contributed by atoms with Crippen LogP contribution in [0.2, 0.25) is 0 Å². The van der Waals surface area contributed by atoms with Gasteiger partial charge in [0.2, 0.25) is 0 Å². The lowest BCUT2D eigenvalue weighted by Crippen LogP contribution is -2.51. The van der Waals surface area contributed by atoms with Crippen LogP contribution in [0.3, 0.4) is 0 Å². The number of hydrogen-bond donors (Lipinski definition) is 1. The van der Waals surface area contributed by atoms with Gasteiger partial charge in [-0.15, -0.1) is 0 Å². The molecule has 0 radical (unpaired) electrons. The Hall–Kier alpha value is -0.120. The van der Waals surface area contributed by atoms with Crippen molar-refractivity contribution in [2.24, 2.45) is 0 Å². The maximum Gasteiger partial charge on any atom is 0.179 e. The zero-order valence-electron chi connectivity index (χ0n) is 5.55. The molecular weight excluding hydrogens is 118 g/mol. The Morgan fingerprint density at radius 3 is 2.11 bits per heavy atom. The van der Waals surface area contributed by atoms with E-state index in [-0.39, 0.29) is 13.5 Å². The van der Waals surface area contributed by atoms with E-state index < -0.39 is 0 Å². The molecular formula is C6H13NO2. The molecule has 0 atom stereocenters. The van der Waals surface area contributed by atoms with Gasteiger partial charge in [-0.25, -0.2) is 0 Å². The fraction of sp³-hybridized carbons (Fsp3) is 1.00. The molecule has 54 valence electrons.